The van der Waals surface area contributed by atoms with Gasteiger partial charge >= 0.3 is 0 Å². The van der Waals surface area contributed by atoms with E-state index >= 15 is 13.2 Å². The molecule has 51 heavy (non-hydrogen) atoms. The Balaban J connectivity index is 1.58. The molecule has 13 heteroatoms. The van der Waals surface area contributed by atoms with Gasteiger partial charge in [0.2, 0.25) is 0 Å². The summed E-state index contributed by atoms with van der Waals surface area (Å²) in [6.07, 6.45) is 3.32. The van der Waals surface area contributed by atoms with Gasteiger partial charge in [-0.15, -0.1) is 0 Å². The number of nitrogens with one attached hydrogen (secondary N) is 3. The molecule has 0 saturated heterocycles. The van der Waals surface area contributed by atoms with Crippen LogP contribution in [0.5, 0.6) is 0 Å². The first kappa shape index (κ1) is 31.3. The molecular formula is C38H23F3N6O4. The van der Waals surface area contributed by atoms with Crippen molar-refractivity contribution >= 4 is 56.6 Å². The van der Waals surface area contributed by atoms with Crippen LogP contribution < -0.4 is 0 Å². The first-order valence-corrected chi connectivity index (χ1v) is 15.5. The predicted molar refractivity (Wildman–Crippen MR) is 189 cm³/mol. The SMILES string of the molecule is Cc1ccc(F)c(-c2c3ccc([nH]3)c(-c3cc([N+](=O)[O-])ccc3F)c3nc(c4ccc([nH]4)c(-c4cc([N+](=O)[O-])ccc4F)c4ccc2[nH]4)C=C3)c1. The number of nitro groups is 2. The minimum atomic E-state index is -0.724. The molecular weight excluding hydrogens is 661 g/mol. The number of halogens is 3. The summed E-state index contributed by atoms with van der Waals surface area (Å²) in [5, 5.41) is 23.5. The fourth-order valence-corrected chi connectivity index (χ4v) is 6.47. The maximum Gasteiger partial charge on any atom is 0.270 e. The zero-order valence-electron chi connectivity index (χ0n) is 26.4. The van der Waals surface area contributed by atoms with Crippen molar-refractivity contribution in [1.29, 1.82) is 0 Å². The summed E-state index contributed by atoms with van der Waals surface area (Å²) < 4.78 is 47.0. The van der Waals surface area contributed by atoms with Crippen LogP contribution in [-0.2, 0) is 0 Å². The maximum atomic E-state index is 15.7. The Morgan fingerprint density at radius 1 is 0.510 bits per heavy atom. The van der Waals surface area contributed by atoms with E-state index in [2.05, 4.69) is 15.0 Å². The maximum absolute atomic E-state index is 15.7. The van der Waals surface area contributed by atoms with Crippen molar-refractivity contribution in [3.63, 3.8) is 0 Å². The second kappa shape index (κ2) is 11.8. The van der Waals surface area contributed by atoms with E-state index in [9.17, 15) is 20.2 Å². The number of rotatable bonds is 5. The van der Waals surface area contributed by atoms with Crippen molar-refractivity contribution in [3.8, 4) is 33.4 Å². The van der Waals surface area contributed by atoms with Crippen LogP contribution >= 0.6 is 0 Å². The molecule has 3 aromatic carbocycles. The fraction of sp³-hybridized carbons (Fsp3) is 0.0263. The molecule has 1 aliphatic heterocycles. The Bertz CT molecular complexity index is 2780. The van der Waals surface area contributed by atoms with Gasteiger partial charge in [-0.25, -0.2) is 18.2 Å². The third-order valence-corrected chi connectivity index (χ3v) is 8.83. The van der Waals surface area contributed by atoms with E-state index in [4.69, 9.17) is 4.98 Å². The van der Waals surface area contributed by atoms with Crippen LogP contribution in [0.1, 0.15) is 17.0 Å². The molecule has 5 heterocycles. The minimum Gasteiger partial charge on any atom is -0.354 e. The number of fused-ring (bicyclic) bond motifs is 9. The lowest BCUT2D eigenvalue weighted by Crippen LogP contribution is -1.93. The molecule has 0 radical (unpaired) electrons. The van der Waals surface area contributed by atoms with Crippen LogP contribution in [0.25, 0.3) is 78.6 Å². The third-order valence-electron chi connectivity index (χ3n) is 8.83. The monoisotopic (exact) mass is 684 g/mol. The van der Waals surface area contributed by atoms with Gasteiger partial charge in [-0.05, 0) is 79.7 Å². The molecule has 0 fully saturated rings. The quantitative estimate of drug-likeness (QED) is 0.122. The first-order chi connectivity index (χ1) is 24.5. The molecule has 0 amide bonds. The van der Waals surface area contributed by atoms with Gasteiger partial charge in [-0.3, -0.25) is 20.2 Å². The van der Waals surface area contributed by atoms with Gasteiger partial charge in [-0.2, -0.15) is 0 Å². The van der Waals surface area contributed by atoms with E-state index in [1.807, 2.05) is 6.92 Å². The highest BCUT2D eigenvalue weighted by molar-refractivity contribution is 6.00. The lowest BCUT2D eigenvalue weighted by molar-refractivity contribution is -0.385. The zero-order chi connectivity index (χ0) is 35.6. The van der Waals surface area contributed by atoms with Crippen molar-refractivity contribution in [2.45, 2.75) is 6.92 Å². The van der Waals surface area contributed by atoms with E-state index in [-0.39, 0.29) is 44.9 Å². The Labute approximate surface area is 285 Å². The molecule has 250 valence electrons. The number of nitrogens with zero attached hydrogens (tertiary/aromatic N) is 3. The summed E-state index contributed by atoms with van der Waals surface area (Å²) in [5.74, 6) is -1.98. The summed E-state index contributed by atoms with van der Waals surface area (Å²) in [5.41, 5.74) is 4.12. The van der Waals surface area contributed by atoms with E-state index < -0.39 is 27.3 Å². The number of H-pyrrole nitrogens is 3. The Morgan fingerprint density at radius 2 is 0.902 bits per heavy atom. The first-order valence-electron chi connectivity index (χ1n) is 15.5. The Kier molecular flexibility index (Phi) is 7.26. The number of benzene rings is 3. The van der Waals surface area contributed by atoms with Crippen molar-refractivity contribution in [2.24, 2.45) is 0 Å². The minimum absolute atomic E-state index is 0.0614. The summed E-state index contributed by atoms with van der Waals surface area (Å²) in [6, 6.07) is 21.2. The molecule has 0 saturated carbocycles. The largest absolute Gasteiger partial charge is 0.354 e. The molecule has 8 rings (SSSR count). The summed E-state index contributed by atoms with van der Waals surface area (Å²) in [4.78, 5) is 36.9. The highest BCUT2D eigenvalue weighted by Crippen LogP contribution is 2.39. The second-order valence-electron chi connectivity index (χ2n) is 12.0. The molecule has 3 N–H and O–H groups in total. The van der Waals surface area contributed by atoms with Crippen molar-refractivity contribution in [3.05, 3.63) is 146 Å². The lowest BCUT2D eigenvalue weighted by atomic mass is 10.0. The number of aromatic nitrogens is 4. The fourth-order valence-electron chi connectivity index (χ4n) is 6.47. The standard InChI is InChI=1S/C38H23F3N6O4/c1-19-2-5-25(39)22(16-19)36-32-12-14-34(44-32)37(23-17-20(46(48)49)3-6-26(23)40)30-10-8-28(42-30)29-9-11-31(43-29)38(35-15-13-33(36)45-35)24-18-21(47(50)51)4-7-27(24)41/h2-18,42,44-45H,1H3. The van der Waals surface area contributed by atoms with Crippen molar-refractivity contribution < 1.29 is 23.0 Å². The predicted octanol–water partition coefficient (Wildman–Crippen LogP) is 10.2. The van der Waals surface area contributed by atoms with Crippen molar-refractivity contribution in [2.75, 3.05) is 0 Å². The van der Waals surface area contributed by atoms with Gasteiger partial charge < -0.3 is 15.0 Å². The van der Waals surface area contributed by atoms with Gasteiger partial charge in [0, 0.05) is 85.2 Å². The van der Waals surface area contributed by atoms with Crippen LogP contribution in [0.15, 0.2) is 91.0 Å². The van der Waals surface area contributed by atoms with Crippen LogP contribution in [0, 0.1) is 44.6 Å². The van der Waals surface area contributed by atoms with Gasteiger partial charge in [0.25, 0.3) is 11.4 Å². The van der Waals surface area contributed by atoms with E-state index in [0.717, 1.165) is 42.0 Å². The molecule has 10 nitrogen and oxygen atoms in total. The molecule has 0 spiro atoms. The number of aromatic amines is 3. The molecule has 8 bridgehead atoms. The molecule has 0 unspecified atom stereocenters. The number of hydrogen-bond acceptors (Lipinski definition) is 5. The third kappa shape index (κ3) is 5.37. The molecule has 4 aromatic heterocycles. The summed E-state index contributed by atoms with van der Waals surface area (Å²) >= 11 is 0. The Morgan fingerprint density at radius 3 is 1.41 bits per heavy atom. The normalized spacial score (nSPS) is 11.8. The van der Waals surface area contributed by atoms with Gasteiger partial charge in [-0.1, -0.05) is 11.6 Å². The second-order valence-corrected chi connectivity index (χ2v) is 12.0. The molecule has 7 aromatic rings. The van der Waals surface area contributed by atoms with Gasteiger partial charge in [0.15, 0.2) is 0 Å². The van der Waals surface area contributed by atoms with Crippen LogP contribution in [0.3, 0.4) is 0 Å². The van der Waals surface area contributed by atoms with E-state index in [1.54, 1.807) is 60.7 Å². The molecule has 0 aliphatic carbocycles. The van der Waals surface area contributed by atoms with Crippen molar-refractivity contribution in [1.82, 2.24) is 19.9 Å². The summed E-state index contributed by atoms with van der Waals surface area (Å²) in [7, 11) is 0. The van der Waals surface area contributed by atoms with Crippen LogP contribution in [0.2, 0.25) is 0 Å². The Hall–Kier alpha value is -7.02. The number of non-ortho nitro benzene ring substituents is 2. The number of aryl methyl sites for hydroxylation is 1. The zero-order valence-corrected chi connectivity index (χ0v) is 26.4. The highest BCUT2D eigenvalue weighted by Gasteiger charge is 2.21. The average molecular weight is 685 g/mol. The lowest BCUT2D eigenvalue weighted by Gasteiger charge is -2.07. The van der Waals surface area contributed by atoms with Crippen LogP contribution in [0.4, 0.5) is 24.5 Å². The van der Waals surface area contributed by atoms with E-state index in [0.29, 0.717) is 44.4 Å². The highest BCUT2D eigenvalue weighted by atomic mass is 19.1. The summed E-state index contributed by atoms with van der Waals surface area (Å²) in [6.45, 7) is 1.81. The smallest absolute Gasteiger partial charge is 0.270 e. The van der Waals surface area contributed by atoms with Gasteiger partial charge in [0.1, 0.15) is 17.5 Å². The number of hydrogen-bond donors (Lipinski definition) is 3. The van der Waals surface area contributed by atoms with Crippen LogP contribution in [-0.4, -0.2) is 29.8 Å². The number of nitro benzene ring substituents is 2. The topological polar surface area (TPSA) is 147 Å². The van der Waals surface area contributed by atoms with E-state index in [1.165, 1.54) is 6.07 Å². The van der Waals surface area contributed by atoms with Gasteiger partial charge in [0.05, 0.1) is 26.8 Å². The average Bonchev–Trinajstić information content (AvgIpc) is 3.93. The molecule has 0 atom stereocenters. The molecule has 1 aliphatic rings.